The molecule has 0 aliphatic carbocycles. The summed E-state index contributed by atoms with van der Waals surface area (Å²) in [4.78, 5) is 4.35. The van der Waals surface area contributed by atoms with Crippen LogP contribution in [0.2, 0.25) is 0 Å². The lowest BCUT2D eigenvalue weighted by molar-refractivity contribution is 0.0537. The SMILES string of the molecule is C[C@@H]1COCCC1Nc1cncc(C(C)(C)C)c1. The van der Waals surface area contributed by atoms with Crippen LogP contribution < -0.4 is 5.32 Å². The Bertz CT molecular complexity index is 398. The molecule has 1 aromatic rings. The van der Waals surface area contributed by atoms with E-state index >= 15 is 0 Å². The predicted octanol–water partition coefficient (Wildman–Crippen LogP) is 3.22. The van der Waals surface area contributed by atoms with Gasteiger partial charge in [-0.15, -0.1) is 0 Å². The fraction of sp³-hybridized carbons (Fsp3) is 0.667. The van der Waals surface area contributed by atoms with E-state index in [0.717, 1.165) is 25.3 Å². The molecule has 1 fully saturated rings. The maximum Gasteiger partial charge on any atom is 0.0531 e. The number of pyridine rings is 1. The summed E-state index contributed by atoms with van der Waals surface area (Å²) in [6.45, 7) is 10.6. The first-order valence-corrected chi connectivity index (χ1v) is 6.76. The molecule has 0 radical (unpaired) electrons. The van der Waals surface area contributed by atoms with Gasteiger partial charge in [0.1, 0.15) is 0 Å². The van der Waals surface area contributed by atoms with E-state index in [9.17, 15) is 0 Å². The van der Waals surface area contributed by atoms with Crippen LogP contribution in [-0.2, 0) is 10.2 Å². The van der Waals surface area contributed by atoms with Crippen LogP contribution >= 0.6 is 0 Å². The van der Waals surface area contributed by atoms with Gasteiger partial charge in [0, 0.05) is 25.0 Å². The van der Waals surface area contributed by atoms with Crippen LogP contribution in [-0.4, -0.2) is 24.2 Å². The average molecular weight is 248 g/mol. The Kier molecular flexibility index (Phi) is 3.91. The lowest BCUT2D eigenvalue weighted by atomic mass is 9.88. The number of anilines is 1. The summed E-state index contributed by atoms with van der Waals surface area (Å²) in [7, 11) is 0. The molecule has 1 aromatic heterocycles. The van der Waals surface area contributed by atoms with E-state index in [1.54, 1.807) is 0 Å². The summed E-state index contributed by atoms with van der Waals surface area (Å²) in [6, 6.07) is 2.71. The second-order valence-corrected chi connectivity index (χ2v) is 6.30. The second-order valence-electron chi connectivity index (χ2n) is 6.30. The minimum absolute atomic E-state index is 0.145. The van der Waals surface area contributed by atoms with Crippen molar-refractivity contribution in [3.8, 4) is 0 Å². The Morgan fingerprint density at radius 2 is 2.11 bits per heavy atom. The van der Waals surface area contributed by atoms with Gasteiger partial charge in [0.15, 0.2) is 0 Å². The molecule has 2 heterocycles. The summed E-state index contributed by atoms with van der Waals surface area (Å²) < 4.78 is 5.47. The maximum atomic E-state index is 5.47. The molecule has 1 saturated heterocycles. The monoisotopic (exact) mass is 248 g/mol. The molecular weight excluding hydrogens is 224 g/mol. The van der Waals surface area contributed by atoms with Crippen molar-refractivity contribution in [1.29, 1.82) is 0 Å². The molecule has 1 aliphatic rings. The van der Waals surface area contributed by atoms with Gasteiger partial charge in [-0.05, 0) is 29.4 Å². The second kappa shape index (κ2) is 5.27. The van der Waals surface area contributed by atoms with E-state index < -0.39 is 0 Å². The van der Waals surface area contributed by atoms with Crippen molar-refractivity contribution >= 4 is 5.69 Å². The fourth-order valence-corrected chi connectivity index (χ4v) is 2.24. The highest BCUT2D eigenvalue weighted by molar-refractivity contribution is 5.45. The topological polar surface area (TPSA) is 34.1 Å². The summed E-state index contributed by atoms with van der Waals surface area (Å²) in [5.74, 6) is 0.553. The molecule has 18 heavy (non-hydrogen) atoms. The third kappa shape index (κ3) is 3.22. The molecule has 2 rings (SSSR count). The number of nitrogens with zero attached hydrogens (tertiary/aromatic N) is 1. The first-order valence-electron chi connectivity index (χ1n) is 6.76. The summed E-state index contributed by atoms with van der Waals surface area (Å²) >= 11 is 0. The highest BCUT2D eigenvalue weighted by Gasteiger charge is 2.22. The van der Waals surface area contributed by atoms with Crippen LogP contribution in [0, 0.1) is 5.92 Å². The molecule has 3 heteroatoms. The van der Waals surface area contributed by atoms with E-state index in [1.165, 1.54) is 5.56 Å². The van der Waals surface area contributed by atoms with Crippen molar-refractivity contribution in [1.82, 2.24) is 4.98 Å². The number of rotatable bonds is 2. The van der Waals surface area contributed by atoms with Crippen LogP contribution in [0.1, 0.15) is 39.7 Å². The van der Waals surface area contributed by atoms with Crippen LogP contribution in [0.5, 0.6) is 0 Å². The first kappa shape index (κ1) is 13.3. The molecule has 3 nitrogen and oxygen atoms in total. The molecule has 100 valence electrons. The lowest BCUT2D eigenvalue weighted by Crippen LogP contribution is -2.36. The van der Waals surface area contributed by atoms with Crippen molar-refractivity contribution in [3.05, 3.63) is 24.0 Å². The summed E-state index contributed by atoms with van der Waals surface area (Å²) in [5.41, 5.74) is 2.54. The molecule has 1 unspecified atom stereocenters. The fourth-order valence-electron chi connectivity index (χ4n) is 2.24. The van der Waals surface area contributed by atoms with Gasteiger partial charge in [-0.2, -0.15) is 0 Å². The van der Waals surface area contributed by atoms with E-state index in [-0.39, 0.29) is 5.41 Å². The molecule has 0 bridgehead atoms. The maximum absolute atomic E-state index is 5.47. The third-order valence-electron chi connectivity index (χ3n) is 3.60. The van der Waals surface area contributed by atoms with Crippen molar-refractivity contribution in [3.63, 3.8) is 0 Å². The number of aromatic nitrogens is 1. The molecule has 2 atom stereocenters. The van der Waals surface area contributed by atoms with E-state index in [4.69, 9.17) is 4.74 Å². The van der Waals surface area contributed by atoms with E-state index in [0.29, 0.717) is 12.0 Å². The van der Waals surface area contributed by atoms with Crippen molar-refractivity contribution < 1.29 is 4.74 Å². The van der Waals surface area contributed by atoms with Crippen LogP contribution in [0.4, 0.5) is 5.69 Å². The Hall–Kier alpha value is -1.09. The Morgan fingerprint density at radius 3 is 2.78 bits per heavy atom. The lowest BCUT2D eigenvalue weighted by Gasteiger charge is -2.30. The van der Waals surface area contributed by atoms with E-state index in [1.807, 2.05) is 12.4 Å². The van der Waals surface area contributed by atoms with Crippen molar-refractivity contribution in [2.75, 3.05) is 18.5 Å². The smallest absolute Gasteiger partial charge is 0.0531 e. The van der Waals surface area contributed by atoms with Gasteiger partial charge in [-0.1, -0.05) is 27.7 Å². The summed E-state index contributed by atoms with van der Waals surface area (Å²) in [6.07, 6.45) is 4.94. The molecule has 0 amide bonds. The van der Waals surface area contributed by atoms with Crippen LogP contribution in [0.15, 0.2) is 18.5 Å². The Morgan fingerprint density at radius 1 is 1.33 bits per heavy atom. The largest absolute Gasteiger partial charge is 0.381 e. The van der Waals surface area contributed by atoms with Crippen LogP contribution in [0.3, 0.4) is 0 Å². The molecule has 0 spiro atoms. The van der Waals surface area contributed by atoms with Gasteiger partial charge in [0.05, 0.1) is 12.3 Å². The number of ether oxygens (including phenoxy) is 1. The van der Waals surface area contributed by atoms with Gasteiger partial charge in [-0.25, -0.2) is 0 Å². The molecule has 1 N–H and O–H groups in total. The zero-order chi connectivity index (χ0) is 13.2. The zero-order valence-electron chi connectivity index (χ0n) is 11.9. The molecule has 1 aliphatic heterocycles. The van der Waals surface area contributed by atoms with Crippen molar-refractivity contribution in [2.24, 2.45) is 5.92 Å². The third-order valence-corrected chi connectivity index (χ3v) is 3.60. The van der Waals surface area contributed by atoms with E-state index in [2.05, 4.69) is 44.1 Å². The highest BCUT2D eigenvalue weighted by Crippen LogP contribution is 2.25. The van der Waals surface area contributed by atoms with Gasteiger partial charge in [0.2, 0.25) is 0 Å². The first-order chi connectivity index (χ1) is 8.47. The van der Waals surface area contributed by atoms with Gasteiger partial charge in [-0.3, -0.25) is 4.98 Å². The Labute approximate surface area is 110 Å². The number of hydrogen-bond donors (Lipinski definition) is 1. The zero-order valence-corrected chi connectivity index (χ0v) is 11.9. The minimum atomic E-state index is 0.145. The Balaban J connectivity index is 2.09. The molecule has 0 aromatic carbocycles. The molecule has 0 saturated carbocycles. The normalized spacial score (nSPS) is 24.9. The van der Waals surface area contributed by atoms with Crippen LogP contribution in [0.25, 0.3) is 0 Å². The van der Waals surface area contributed by atoms with Gasteiger partial charge < -0.3 is 10.1 Å². The predicted molar refractivity (Wildman–Crippen MR) is 74.9 cm³/mol. The highest BCUT2D eigenvalue weighted by atomic mass is 16.5. The number of nitrogens with one attached hydrogen (secondary N) is 1. The standard InChI is InChI=1S/C15H24N2O/c1-11-10-18-6-5-14(11)17-13-7-12(8-16-9-13)15(2,3)4/h7-9,11,14,17H,5-6,10H2,1-4H3/t11-,14?/m1/s1. The van der Waals surface area contributed by atoms with Gasteiger partial charge in [0.25, 0.3) is 0 Å². The quantitative estimate of drug-likeness (QED) is 0.872. The van der Waals surface area contributed by atoms with Gasteiger partial charge >= 0.3 is 0 Å². The summed E-state index contributed by atoms with van der Waals surface area (Å²) in [5, 5.41) is 3.60. The molecular formula is C15H24N2O. The minimum Gasteiger partial charge on any atom is -0.381 e. The number of hydrogen-bond acceptors (Lipinski definition) is 3. The van der Waals surface area contributed by atoms with Crippen molar-refractivity contribution in [2.45, 2.75) is 45.6 Å². The average Bonchev–Trinajstić information content (AvgIpc) is 2.31.